The van der Waals surface area contributed by atoms with Crippen LogP contribution >= 0.6 is 11.8 Å². The number of amides is 2. The van der Waals surface area contributed by atoms with Gasteiger partial charge < -0.3 is 19.6 Å². The van der Waals surface area contributed by atoms with Gasteiger partial charge in [0.1, 0.15) is 6.04 Å². The zero-order chi connectivity index (χ0) is 24.1. The van der Waals surface area contributed by atoms with Gasteiger partial charge in [-0.3, -0.25) is 14.4 Å². The van der Waals surface area contributed by atoms with Crippen LogP contribution in [0.25, 0.3) is 0 Å². The average Bonchev–Trinajstić information content (AvgIpc) is 3.21. The van der Waals surface area contributed by atoms with Crippen molar-refractivity contribution in [2.45, 2.75) is 74.3 Å². The number of cyclic esters (lactones) is 1. The number of ether oxygens (including phenoxy) is 1. The number of hydrogen-bond donors (Lipinski definition) is 1. The lowest BCUT2D eigenvalue weighted by Gasteiger charge is -2.35. The van der Waals surface area contributed by atoms with Crippen molar-refractivity contribution in [1.82, 2.24) is 9.80 Å². The normalized spacial score (nSPS) is 34.4. The largest absolute Gasteiger partial charge is 0.465 e. The highest BCUT2D eigenvalue weighted by Crippen LogP contribution is 2.60. The van der Waals surface area contributed by atoms with Gasteiger partial charge in [-0.05, 0) is 44.9 Å². The smallest absolute Gasteiger partial charge is 0.311 e. The number of carbonyl (C=O) groups is 3. The summed E-state index contributed by atoms with van der Waals surface area (Å²) in [5.74, 6) is -1.62. The van der Waals surface area contributed by atoms with Gasteiger partial charge >= 0.3 is 5.97 Å². The van der Waals surface area contributed by atoms with Crippen molar-refractivity contribution >= 4 is 29.5 Å². The maximum absolute atomic E-state index is 14.0. The first-order valence-corrected chi connectivity index (χ1v) is 13.8. The Kier molecular flexibility index (Phi) is 8.40. The molecule has 0 aliphatic carbocycles. The van der Waals surface area contributed by atoms with Crippen LogP contribution in [0, 0.1) is 11.8 Å². The van der Waals surface area contributed by atoms with Gasteiger partial charge in [0.15, 0.2) is 0 Å². The first kappa shape index (κ1) is 25.3. The highest BCUT2D eigenvalue weighted by Gasteiger charge is 2.70. The summed E-state index contributed by atoms with van der Waals surface area (Å²) in [6, 6.07) is -0.612. The highest BCUT2D eigenvalue weighted by molar-refractivity contribution is 8.02. The van der Waals surface area contributed by atoms with Crippen molar-refractivity contribution in [3.05, 3.63) is 24.3 Å². The summed E-state index contributed by atoms with van der Waals surface area (Å²) in [5, 5.41) is 8.98. The summed E-state index contributed by atoms with van der Waals surface area (Å²) >= 11 is 1.61. The van der Waals surface area contributed by atoms with Crippen molar-refractivity contribution < 1.29 is 24.2 Å². The van der Waals surface area contributed by atoms with Crippen LogP contribution in [0.1, 0.15) is 58.3 Å². The van der Waals surface area contributed by atoms with Crippen LogP contribution in [0.3, 0.4) is 0 Å². The third kappa shape index (κ3) is 4.68. The van der Waals surface area contributed by atoms with E-state index in [0.29, 0.717) is 32.7 Å². The second-order valence-corrected chi connectivity index (χ2v) is 11.3. The van der Waals surface area contributed by atoms with E-state index in [1.54, 1.807) is 16.7 Å². The van der Waals surface area contributed by atoms with Gasteiger partial charge in [0.05, 0.1) is 23.2 Å². The number of fused-ring (bicyclic) bond motifs is 2. The Morgan fingerprint density at radius 1 is 1.09 bits per heavy atom. The van der Waals surface area contributed by atoms with Gasteiger partial charge in [-0.1, -0.05) is 37.6 Å². The number of likely N-dealkylation sites (tertiary alicyclic amines) is 1. The van der Waals surface area contributed by atoms with Crippen LogP contribution in [0.2, 0.25) is 0 Å². The quantitative estimate of drug-likeness (QED) is 0.320. The number of carbonyl (C=O) groups excluding carboxylic acids is 3. The Morgan fingerprint density at radius 2 is 1.94 bits per heavy atom. The third-order valence-corrected chi connectivity index (χ3v) is 9.27. The van der Waals surface area contributed by atoms with E-state index >= 15 is 0 Å². The van der Waals surface area contributed by atoms with Crippen LogP contribution in [0.5, 0.6) is 0 Å². The maximum Gasteiger partial charge on any atom is 0.311 e. The molecule has 7 nitrogen and oxygen atoms in total. The van der Waals surface area contributed by atoms with E-state index in [1.807, 2.05) is 11.0 Å². The molecule has 2 saturated heterocycles. The molecule has 34 heavy (non-hydrogen) atoms. The van der Waals surface area contributed by atoms with Crippen LogP contribution in [0.4, 0.5) is 0 Å². The molecule has 2 amide bonds. The van der Waals surface area contributed by atoms with E-state index in [4.69, 9.17) is 9.84 Å². The zero-order valence-corrected chi connectivity index (χ0v) is 21.0. The van der Waals surface area contributed by atoms with Gasteiger partial charge in [-0.2, -0.15) is 0 Å². The van der Waals surface area contributed by atoms with E-state index in [1.165, 1.54) is 0 Å². The van der Waals surface area contributed by atoms with Gasteiger partial charge in [0.2, 0.25) is 11.8 Å². The Balaban J connectivity index is 1.72. The van der Waals surface area contributed by atoms with Crippen LogP contribution in [0.15, 0.2) is 24.3 Å². The number of nitrogens with zero attached hydrogens (tertiary/aromatic N) is 2. The predicted octanol–water partition coefficient (Wildman–Crippen LogP) is 2.93. The number of thioether (sulfide) groups is 1. The summed E-state index contributed by atoms with van der Waals surface area (Å²) in [5.41, 5.74) is 0. The topological polar surface area (TPSA) is 87.2 Å². The molecular weight excluding hydrogens is 452 g/mol. The van der Waals surface area contributed by atoms with Crippen molar-refractivity contribution in [3.63, 3.8) is 0 Å². The fourth-order valence-corrected chi connectivity index (χ4v) is 7.83. The summed E-state index contributed by atoms with van der Waals surface area (Å²) in [6.07, 6.45) is 15.1. The van der Waals surface area contributed by atoms with Crippen LogP contribution in [-0.4, -0.2) is 81.6 Å². The molecule has 8 heteroatoms. The molecule has 0 saturated carbocycles. The number of allylic oxidation sites excluding steroid dienone is 1. The lowest BCUT2D eigenvalue weighted by atomic mass is 9.78. The van der Waals surface area contributed by atoms with Crippen molar-refractivity contribution in [3.8, 4) is 0 Å². The molecule has 0 aromatic heterocycles. The van der Waals surface area contributed by atoms with Gasteiger partial charge in [0, 0.05) is 31.5 Å². The van der Waals surface area contributed by atoms with Gasteiger partial charge in [0.25, 0.3) is 0 Å². The molecule has 1 unspecified atom stereocenters. The second-order valence-electron chi connectivity index (χ2n) is 9.79. The molecule has 0 aromatic carbocycles. The van der Waals surface area contributed by atoms with Gasteiger partial charge in [-0.25, -0.2) is 0 Å². The minimum absolute atomic E-state index is 0.00924. The fourth-order valence-electron chi connectivity index (χ4n) is 5.82. The minimum atomic E-state index is -0.765. The monoisotopic (exact) mass is 490 g/mol. The summed E-state index contributed by atoms with van der Waals surface area (Å²) in [4.78, 5) is 44.8. The van der Waals surface area contributed by atoms with E-state index in [0.717, 1.165) is 44.9 Å². The molecule has 0 bridgehead atoms. The highest BCUT2D eigenvalue weighted by atomic mass is 32.2. The Labute approximate surface area is 206 Å². The fraction of sp³-hybridized carbons (Fsp3) is 0.731. The van der Waals surface area contributed by atoms with E-state index < -0.39 is 22.6 Å². The lowest BCUT2D eigenvalue weighted by Crippen LogP contribution is -2.53. The van der Waals surface area contributed by atoms with Crippen molar-refractivity contribution in [2.75, 3.05) is 32.8 Å². The third-order valence-electron chi connectivity index (χ3n) is 7.52. The second kappa shape index (κ2) is 11.3. The number of esters is 1. The summed E-state index contributed by atoms with van der Waals surface area (Å²) < 4.78 is 4.88. The SMILES string of the molecule is CCCCN1CC=C[C@]23S[C@@H]4/C=C\CCCCOC(=O)[C@@H]4[C@H]2C(=O)N(CCCCCO)C3C1=O. The number of unbranched alkanes of at least 4 members (excludes halogenated alkanes) is 3. The molecule has 0 radical (unpaired) electrons. The van der Waals surface area contributed by atoms with Crippen molar-refractivity contribution in [2.24, 2.45) is 11.8 Å². The van der Waals surface area contributed by atoms with Crippen LogP contribution in [-0.2, 0) is 19.1 Å². The molecule has 5 atom stereocenters. The van der Waals surface area contributed by atoms with Gasteiger partial charge in [-0.15, -0.1) is 11.8 Å². The number of hydrogen-bond acceptors (Lipinski definition) is 6. The lowest BCUT2D eigenvalue weighted by molar-refractivity contribution is -0.153. The molecule has 0 aromatic rings. The van der Waals surface area contributed by atoms with Crippen molar-refractivity contribution in [1.29, 1.82) is 0 Å². The maximum atomic E-state index is 14.0. The molecule has 4 heterocycles. The molecule has 1 N–H and O–H groups in total. The number of aliphatic hydroxyl groups excluding tert-OH is 1. The number of aliphatic hydroxyl groups is 1. The standard InChI is InChI=1S/C26H38N2O5S/c1-2-3-14-27-15-11-13-26-21(20-19(34-26)12-7-4-5-10-18-33-25(20)32)23(30)28(22(26)24(27)31)16-8-6-9-17-29/h7,11-13,19-22,29H,2-6,8-10,14-18H2,1H3/b12-7-/t19-,20+,21+,22?,26+/m1/s1. The van der Waals surface area contributed by atoms with E-state index in [2.05, 4.69) is 25.2 Å². The average molecular weight is 491 g/mol. The summed E-state index contributed by atoms with van der Waals surface area (Å²) in [6.45, 7) is 4.27. The molecule has 4 rings (SSSR count). The molecule has 188 valence electrons. The number of rotatable bonds is 8. The Hall–Kier alpha value is -1.80. The minimum Gasteiger partial charge on any atom is -0.465 e. The first-order valence-electron chi connectivity index (χ1n) is 12.9. The zero-order valence-electron chi connectivity index (χ0n) is 20.2. The Morgan fingerprint density at radius 3 is 2.74 bits per heavy atom. The Bertz CT molecular complexity index is 830. The van der Waals surface area contributed by atoms with E-state index in [-0.39, 0.29) is 29.6 Å². The molecular formula is C26H38N2O5S. The predicted molar refractivity (Wildman–Crippen MR) is 132 cm³/mol. The summed E-state index contributed by atoms with van der Waals surface area (Å²) in [7, 11) is 0. The molecule has 1 spiro atoms. The molecule has 4 aliphatic heterocycles. The molecule has 2 fully saturated rings. The first-order chi connectivity index (χ1) is 16.5. The van der Waals surface area contributed by atoms with Crippen LogP contribution < -0.4 is 0 Å². The molecule has 4 aliphatic rings. The van der Waals surface area contributed by atoms with E-state index in [9.17, 15) is 14.4 Å².